The molecule has 0 spiro atoms. The summed E-state index contributed by atoms with van der Waals surface area (Å²) in [7, 11) is 0. The lowest BCUT2D eigenvalue weighted by molar-refractivity contribution is 0.0751. The zero-order valence-corrected chi connectivity index (χ0v) is 15.3. The van der Waals surface area contributed by atoms with Crippen LogP contribution in [0.3, 0.4) is 0 Å². The first kappa shape index (κ1) is 20.5. The number of carbonyl (C=O) groups excluding carboxylic acids is 1. The summed E-state index contributed by atoms with van der Waals surface area (Å²) in [5.41, 5.74) is 2.63. The highest BCUT2D eigenvalue weighted by atomic mass is 16.6. The highest BCUT2D eigenvalue weighted by Gasteiger charge is 2.33. The number of hydrogen-bond donors (Lipinski definition) is 0. The van der Waals surface area contributed by atoms with E-state index in [1.54, 1.807) is 0 Å². The van der Waals surface area contributed by atoms with Gasteiger partial charge in [-0.25, -0.2) is 4.79 Å². The van der Waals surface area contributed by atoms with Gasteiger partial charge in [-0.2, -0.15) is 0 Å². The first-order valence-corrected chi connectivity index (χ1v) is 8.66. The fraction of sp³-hybridized carbons (Fsp3) is 0.632. The van der Waals surface area contributed by atoms with Crippen molar-refractivity contribution in [1.29, 1.82) is 0 Å². The molecule has 1 heterocycles. The summed E-state index contributed by atoms with van der Waals surface area (Å²) in [6, 6.07) is 8.53. The minimum Gasteiger partial charge on any atom is -0.450 e. The van der Waals surface area contributed by atoms with Gasteiger partial charge in [0.2, 0.25) is 0 Å². The number of nitrogens with zero attached hydrogens (tertiary/aromatic N) is 1. The van der Waals surface area contributed by atoms with Gasteiger partial charge in [-0.15, -0.1) is 0 Å². The third-order valence-electron chi connectivity index (χ3n) is 3.47. The monoisotopic (exact) mass is 307 g/mol. The van der Waals surface area contributed by atoms with Gasteiger partial charge in [0, 0.05) is 6.54 Å². The van der Waals surface area contributed by atoms with Gasteiger partial charge in [-0.1, -0.05) is 65.8 Å². The molecule has 1 aromatic carbocycles. The normalized spacial score (nSPS) is 15.8. The minimum absolute atomic E-state index is 0.133. The lowest BCUT2D eigenvalue weighted by atomic mass is 9.86. The summed E-state index contributed by atoms with van der Waals surface area (Å²) in [5, 5.41) is 0. The van der Waals surface area contributed by atoms with E-state index in [2.05, 4.69) is 32.0 Å². The van der Waals surface area contributed by atoms with Gasteiger partial charge in [-0.3, -0.25) is 0 Å². The third-order valence-corrected chi connectivity index (χ3v) is 3.47. The summed E-state index contributed by atoms with van der Waals surface area (Å²) in [5.74, 6) is 0.385. The Hall–Kier alpha value is -1.51. The van der Waals surface area contributed by atoms with E-state index in [0.29, 0.717) is 12.5 Å². The van der Waals surface area contributed by atoms with E-state index in [-0.39, 0.29) is 12.1 Å². The molecule has 1 aliphatic rings. The topological polar surface area (TPSA) is 29.5 Å². The Balaban J connectivity index is 0.00000102. The van der Waals surface area contributed by atoms with Crippen LogP contribution in [0.5, 0.6) is 0 Å². The second-order valence-corrected chi connectivity index (χ2v) is 5.03. The van der Waals surface area contributed by atoms with Crippen molar-refractivity contribution in [1.82, 2.24) is 4.90 Å². The van der Waals surface area contributed by atoms with Crippen molar-refractivity contribution in [3.63, 3.8) is 0 Å². The van der Waals surface area contributed by atoms with Crippen LogP contribution in [0.25, 0.3) is 0 Å². The van der Waals surface area contributed by atoms with E-state index in [1.807, 2.05) is 45.6 Å². The van der Waals surface area contributed by atoms with Crippen LogP contribution >= 0.6 is 0 Å². The highest BCUT2D eigenvalue weighted by Crippen LogP contribution is 2.35. The van der Waals surface area contributed by atoms with Crippen molar-refractivity contribution >= 4 is 6.09 Å². The third kappa shape index (κ3) is 5.04. The fourth-order valence-corrected chi connectivity index (χ4v) is 2.73. The van der Waals surface area contributed by atoms with Crippen molar-refractivity contribution in [2.24, 2.45) is 5.92 Å². The summed E-state index contributed by atoms with van der Waals surface area (Å²) in [4.78, 5) is 13.9. The van der Waals surface area contributed by atoms with E-state index in [9.17, 15) is 4.79 Å². The molecule has 1 amide bonds. The first-order valence-electron chi connectivity index (χ1n) is 8.66. The number of amides is 1. The molecule has 2 rings (SSSR count). The molecule has 126 valence electrons. The molecule has 0 saturated carbocycles. The zero-order chi connectivity index (χ0) is 17.1. The molecule has 1 unspecified atom stereocenters. The number of ether oxygens (including phenoxy) is 1. The van der Waals surface area contributed by atoms with E-state index in [1.165, 1.54) is 11.1 Å². The summed E-state index contributed by atoms with van der Waals surface area (Å²) in [6.07, 6.45) is 0.726. The number of benzene rings is 1. The molecular weight excluding hydrogens is 274 g/mol. The van der Waals surface area contributed by atoms with Gasteiger partial charge >= 0.3 is 6.09 Å². The molecule has 1 aromatic rings. The average molecular weight is 307 g/mol. The maximum absolute atomic E-state index is 12.0. The number of hydrogen-bond acceptors (Lipinski definition) is 2. The van der Waals surface area contributed by atoms with Crippen molar-refractivity contribution in [3.05, 3.63) is 35.4 Å². The molecule has 0 radical (unpaired) electrons. The molecule has 1 aliphatic heterocycles. The second kappa shape index (κ2) is 11.1. The van der Waals surface area contributed by atoms with Crippen LogP contribution < -0.4 is 0 Å². The molecule has 0 aromatic heterocycles. The predicted octanol–water partition coefficient (Wildman–Crippen LogP) is 5.45. The van der Waals surface area contributed by atoms with Gasteiger partial charge in [-0.05, 0) is 30.4 Å². The van der Waals surface area contributed by atoms with Crippen LogP contribution in [-0.2, 0) is 11.2 Å². The van der Waals surface area contributed by atoms with Crippen LogP contribution in [-0.4, -0.2) is 24.1 Å². The maximum Gasteiger partial charge on any atom is 0.410 e. The smallest absolute Gasteiger partial charge is 0.410 e. The van der Waals surface area contributed by atoms with Gasteiger partial charge in [0.15, 0.2) is 0 Å². The molecule has 0 aliphatic carbocycles. The summed E-state index contributed by atoms with van der Waals surface area (Å²) in [6.45, 7) is 15.3. The summed E-state index contributed by atoms with van der Waals surface area (Å²) < 4.78 is 5.16. The SMILES string of the molecule is CC.CC.CCOC(=O)N1CCc2ccccc2C1C(C)C. The van der Waals surface area contributed by atoms with Gasteiger partial charge in [0.05, 0.1) is 12.6 Å². The number of rotatable bonds is 2. The Bertz CT molecular complexity index is 429. The van der Waals surface area contributed by atoms with Crippen LogP contribution in [0.1, 0.15) is 65.6 Å². The number of carbonyl (C=O) groups is 1. The van der Waals surface area contributed by atoms with Crippen molar-refractivity contribution in [2.75, 3.05) is 13.2 Å². The molecule has 0 saturated heterocycles. The van der Waals surface area contributed by atoms with Crippen LogP contribution in [0.4, 0.5) is 4.79 Å². The van der Waals surface area contributed by atoms with Gasteiger partial charge in [0.1, 0.15) is 0 Å². The second-order valence-electron chi connectivity index (χ2n) is 5.03. The van der Waals surface area contributed by atoms with E-state index >= 15 is 0 Å². The Morgan fingerprint density at radius 2 is 1.82 bits per heavy atom. The van der Waals surface area contributed by atoms with E-state index in [0.717, 1.165) is 13.0 Å². The molecule has 0 fully saturated rings. The first-order chi connectivity index (χ1) is 10.6. The lowest BCUT2D eigenvalue weighted by Crippen LogP contribution is -2.42. The fourth-order valence-electron chi connectivity index (χ4n) is 2.73. The predicted molar refractivity (Wildman–Crippen MR) is 94.1 cm³/mol. The van der Waals surface area contributed by atoms with Crippen molar-refractivity contribution in [2.45, 2.75) is 60.9 Å². The summed E-state index contributed by atoms with van der Waals surface area (Å²) >= 11 is 0. The number of fused-ring (bicyclic) bond motifs is 1. The van der Waals surface area contributed by atoms with Crippen LogP contribution in [0, 0.1) is 5.92 Å². The van der Waals surface area contributed by atoms with Gasteiger partial charge in [0.25, 0.3) is 0 Å². The highest BCUT2D eigenvalue weighted by molar-refractivity contribution is 5.69. The standard InChI is InChI=1S/C15H21NO2.2C2H6/c1-4-18-15(17)16-10-9-12-7-5-6-8-13(12)14(16)11(2)3;2*1-2/h5-8,11,14H,4,9-10H2,1-3H3;2*1-2H3. The molecular formula is C19H33NO2. The lowest BCUT2D eigenvalue weighted by Gasteiger charge is -2.38. The van der Waals surface area contributed by atoms with E-state index in [4.69, 9.17) is 4.74 Å². The Morgan fingerprint density at radius 1 is 1.23 bits per heavy atom. The van der Waals surface area contributed by atoms with E-state index < -0.39 is 0 Å². The average Bonchev–Trinajstić information content (AvgIpc) is 2.57. The van der Waals surface area contributed by atoms with Crippen LogP contribution in [0.2, 0.25) is 0 Å². The Kier molecular flexibility index (Phi) is 10.3. The Labute approximate surface area is 136 Å². The molecule has 22 heavy (non-hydrogen) atoms. The zero-order valence-electron chi connectivity index (χ0n) is 15.3. The maximum atomic E-state index is 12.0. The van der Waals surface area contributed by atoms with Gasteiger partial charge < -0.3 is 9.64 Å². The van der Waals surface area contributed by atoms with Crippen molar-refractivity contribution < 1.29 is 9.53 Å². The minimum atomic E-state index is -0.189. The molecule has 0 bridgehead atoms. The quantitative estimate of drug-likeness (QED) is 0.727. The Morgan fingerprint density at radius 3 is 2.36 bits per heavy atom. The molecule has 3 nitrogen and oxygen atoms in total. The molecule has 0 N–H and O–H groups in total. The molecule has 1 atom stereocenters. The van der Waals surface area contributed by atoms with Crippen molar-refractivity contribution in [3.8, 4) is 0 Å². The molecule has 3 heteroatoms. The largest absolute Gasteiger partial charge is 0.450 e. The van der Waals surface area contributed by atoms with Crippen LogP contribution in [0.15, 0.2) is 24.3 Å².